The van der Waals surface area contributed by atoms with Gasteiger partial charge >= 0.3 is 0 Å². The highest BCUT2D eigenvalue weighted by Gasteiger charge is 2.13. The topological polar surface area (TPSA) is 77.8 Å². The smallest absolute Gasteiger partial charge is 0.275 e. The third-order valence-corrected chi connectivity index (χ3v) is 4.86. The lowest BCUT2D eigenvalue weighted by atomic mass is 10.3. The summed E-state index contributed by atoms with van der Waals surface area (Å²) in [5, 5.41) is 4.78. The molecule has 0 saturated heterocycles. The zero-order valence-corrected chi connectivity index (χ0v) is 15.5. The molecular weight excluding hydrogens is 364 g/mol. The minimum atomic E-state index is -0.287. The summed E-state index contributed by atoms with van der Waals surface area (Å²) < 4.78 is 12.9. The van der Waals surface area contributed by atoms with Crippen molar-refractivity contribution < 1.29 is 14.3 Å². The minimum absolute atomic E-state index is 0.287. The van der Waals surface area contributed by atoms with E-state index in [9.17, 15) is 4.79 Å². The fourth-order valence-electron chi connectivity index (χ4n) is 2.53. The molecule has 3 aromatic heterocycles. The van der Waals surface area contributed by atoms with Crippen molar-refractivity contribution in [3.05, 3.63) is 65.6 Å². The van der Waals surface area contributed by atoms with Gasteiger partial charge in [-0.3, -0.25) is 9.20 Å². The zero-order valence-electron chi connectivity index (χ0n) is 14.7. The van der Waals surface area contributed by atoms with Crippen molar-refractivity contribution in [2.75, 3.05) is 12.4 Å². The summed E-state index contributed by atoms with van der Waals surface area (Å²) in [5.41, 5.74) is 1.96. The van der Waals surface area contributed by atoms with Crippen LogP contribution in [0.4, 0.5) is 5.69 Å². The summed E-state index contributed by atoms with van der Waals surface area (Å²) in [6, 6.07) is 10.7. The number of fused-ring (bicyclic) bond motifs is 1. The number of aromatic nitrogens is 3. The highest BCUT2D eigenvalue weighted by molar-refractivity contribution is 7.15. The van der Waals surface area contributed by atoms with Gasteiger partial charge < -0.3 is 14.8 Å². The number of pyridine rings is 1. The first kappa shape index (κ1) is 17.0. The Hall–Kier alpha value is -3.39. The summed E-state index contributed by atoms with van der Waals surface area (Å²) >= 11 is 1.50. The van der Waals surface area contributed by atoms with Crippen molar-refractivity contribution in [1.82, 2.24) is 14.4 Å². The molecule has 1 N–H and O–H groups in total. The number of amides is 1. The number of para-hydroxylation sites is 2. The van der Waals surface area contributed by atoms with Gasteiger partial charge in [-0.25, -0.2) is 9.97 Å². The van der Waals surface area contributed by atoms with Gasteiger partial charge in [-0.05, 0) is 25.1 Å². The van der Waals surface area contributed by atoms with E-state index < -0.39 is 0 Å². The van der Waals surface area contributed by atoms with Gasteiger partial charge in [0, 0.05) is 23.3 Å². The first-order valence-corrected chi connectivity index (χ1v) is 9.03. The third-order valence-electron chi connectivity index (χ3n) is 3.90. The fraction of sp³-hybridized carbons (Fsp3) is 0.105. The number of nitrogens with zero attached hydrogens (tertiary/aromatic N) is 3. The SMILES string of the molecule is COc1ccccc1Oc1ccc(NC(=O)c2cn3c(C)csc3n2)cn1. The van der Waals surface area contributed by atoms with Gasteiger partial charge in [-0.15, -0.1) is 11.3 Å². The molecule has 136 valence electrons. The van der Waals surface area contributed by atoms with Gasteiger partial charge in [-0.2, -0.15) is 0 Å². The van der Waals surface area contributed by atoms with Gasteiger partial charge in [0.05, 0.1) is 19.0 Å². The fourth-order valence-corrected chi connectivity index (χ4v) is 3.38. The van der Waals surface area contributed by atoms with Crippen molar-refractivity contribution in [2.45, 2.75) is 6.92 Å². The Bertz CT molecular complexity index is 1100. The first-order valence-electron chi connectivity index (χ1n) is 8.15. The molecule has 1 amide bonds. The van der Waals surface area contributed by atoms with Crippen LogP contribution < -0.4 is 14.8 Å². The summed E-state index contributed by atoms with van der Waals surface area (Å²) in [7, 11) is 1.58. The van der Waals surface area contributed by atoms with Gasteiger partial charge in [-0.1, -0.05) is 12.1 Å². The lowest BCUT2D eigenvalue weighted by Crippen LogP contribution is -2.12. The maximum atomic E-state index is 12.4. The van der Waals surface area contributed by atoms with Crippen molar-refractivity contribution in [3.63, 3.8) is 0 Å². The average Bonchev–Trinajstić information content (AvgIpc) is 3.26. The largest absolute Gasteiger partial charge is 0.493 e. The number of nitrogens with one attached hydrogen (secondary N) is 1. The summed E-state index contributed by atoms with van der Waals surface area (Å²) in [4.78, 5) is 21.7. The second-order valence-corrected chi connectivity index (χ2v) is 6.58. The molecule has 0 aliphatic carbocycles. The highest BCUT2D eigenvalue weighted by atomic mass is 32.1. The van der Waals surface area contributed by atoms with Crippen LogP contribution in [0.1, 0.15) is 16.2 Å². The number of ether oxygens (including phenoxy) is 2. The maximum absolute atomic E-state index is 12.4. The van der Waals surface area contributed by atoms with Crippen molar-refractivity contribution in [2.24, 2.45) is 0 Å². The molecule has 0 fully saturated rings. The van der Waals surface area contributed by atoms with Crippen molar-refractivity contribution in [3.8, 4) is 17.4 Å². The second-order valence-electron chi connectivity index (χ2n) is 5.75. The van der Waals surface area contributed by atoms with E-state index in [0.717, 1.165) is 10.7 Å². The summed E-state index contributed by atoms with van der Waals surface area (Å²) in [6.07, 6.45) is 3.26. The third kappa shape index (κ3) is 3.47. The molecule has 0 aliphatic rings. The Labute approximate surface area is 159 Å². The Kier molecular flexibility index (Phi) is 4.47. The normalized spacial score (nSPS) is 10.7. The van der Waals surface area contributed by atoms with Gasteiger partial charge in [0.2, 0.25) is 5.88 Å². The van der Waals surface area contributed by atoms with Gasteiger partial charge in [0.25, 0.3) is 5.91 Å². The summed E-state index contributed by atoms with van der Waals surface area (Å²) in [6.45, 7) is 1.97. The van der Waals surface area contributed by atoms with Crippen LogP contribution in [0, 0.1) is 6.92 Å². The van der Waals surface area contributed by atoms with Crippen LogP contribution in [-0.4, -0.2) is 27.4 Å². The standard InChI is InChI=1S/C19H16N4O3S/c1-12-11-27-19-22-14(10-23(12)19)18(24)21-13-7-8-17(20-9-13)26-16-6-4-3-5-15(16)25-2/h3-11H,1-2H3,(H,21,24). The molecule has 1 aromatic carbocycles. The van der Waals surface area contributed by atoms with Crippen LogP contribution in [0.25, 0.3) is 4.96 Å². The average molecular weight is 380 g/mol. The second kappa shape index (κ2) is 7.08. The Morgan fingerprint density at radius 1 is 1.19 bits per heavy atom. The Morgan fingerprint density at radius 2 is 2.00 bits per heavy atom. The minimum Gasteiger partial charge on any atom is -0.493 e. The molecule has 0 saturated carbocycles. The number of hydrogen-bond donors (Lipinski definition) is 1. The van der Waals surface area contributed by atoms with E-state index in [1.54, 1.807) is 37.6 Å². The molecule has 0 aliphatic heterocycles. The monoisotopic (exact) mass is 380 g/mol. The molecule has 0 radical (unpaired) electrons. The number of carbonyl (C=O) groups excluding carboxylic acids is 1. The van der Waals surface area contributed by atoms with Gasteiger partial charge in [0.15, 0.2) is 16.5 Å². The number of carbonyl (C=O) groups is 1. The Balaban J connectivity index is 1.46. The van der Waals surface area contributed by atoms with E-state index in [0.29, 0.717) is 28.8 Å². The molecule has 4 rings (SSSR count). The lowest BCUT2D eigenvalue weighted by molar-refractivity contribution is 0.102. The van der Waals surface area contributed by atoms with E-state index in [2.05, 4.69) is 15.3 Å². The van der Waals surface area contributed by atoms with Crippen LogP contribution in [0.2, 0.25) is 0 Å². The molecule has 7 nitrogen and oxygen atoms in total. The predicted octanol–water partition coefficient (Wildman–Crippen LogP) is 4.15. The van der Waals surface area contributed by atoms with E-state index in [-0.39, 0.29) is 5.91 Å². The van der Waals surface area contributed by atoms with Crippen LogP contribution >= 0.6 is 11.3 Å². The van der Waals surface area contributed by atoms with Crippen LogP contribution in [0.5, 0.6) is 17.4 Å². The van der Waals surface area contributed by atoms with Crippen LogP contribution in [0.15, 0.2) is 54.2 Å². The lowest BCUT2D eigenvalue weighted by Gasteiger charge is -2.09. The van der Waals surface area contributed by atoms with Crippen molar-refractivity contribution in [1.29, 1.82) is 0 Å². The number of hydrogen-bond acceptors (Lipinski definition) is 6. The number of anilines is 1. The molecule has 4 aromatic rings. The zero-order chi connectivity index (χ0) is 18.8. The molecule has 0 unspecified atom stereocenters. The Morgan fingerprint density at radius 3 is 2.70 bits per heavy atom. The van der Waals surface area contributed by atoms with E-state index in [1.165, 1.54) is 17.5 Å². The molecule has 8 heteroatoms. The van der Waals surface area contributed by atoms with Gasteiger partial charge in [0.1, 0.15) is 5.69 Å². The molecule has 0 atom stereocenters. The molecule has 0 spiro atoms. The summed E-state index contributed by atoms with van der Waals surface area (Å²) in [5.74, 6) is 1.30. The number of methoxy groups -OCH3 is 1. The molecule has 27 heavy (non-hydrogen) atoms. The number of imidazole rings is 1. The number of benzene rings is 1. The van der Waals surface area contributed by atoms with E-state index in [1.807, 2.05) is 28.8 Å². The van der Waals surface area contributed by atoms with Crippen LogP contribution in [0.3, 0.4) is 0 Å². The maximum Gasteiger partial charge on any atom is 0.275 e. The van der Waals surface area contributed by atoms with Crippen LogP contribution in [-0.2, 0) is 0 Å². The quantitative estimate of drug-likeness (QED) is 0.563. The molecule has 3 heterocycles. The number of thiazole rings is 1. The number of aryl methyl sites for hydroxylation is 1. The molecule has 0 bridgehead atoms. The van der Waals surface area contributed by atoms with E-state index >= 15 is 0 Å². The molecular formula is C19H16N4O3S. The van der Waals surface area contributed by atoms with E-state index in [4.69, 9.17) is 9.47 Å². The predicted molar refractivity (Wildman–Crippen MR) is 103 cm³/mol. The highest BCUT2D eigenvalue weighted by Crippen LogP contribution is 2.30. The van der Waals surface area contributed by atoms with Crippen molar-refractivity contribution >= 4 is 27.9 Å². The number of rotatable bonds is 5. The first-order chi connectivity index (χ1) is 13.1.